The Morgan fingerprint density at radius 1 is 1.18 bits per heavy atom. The fourth-order valence-electron chi connectivity index (χ4n) is 2.59. The zero-order valence-corrected chi connectivity index (χ0v) is 19.5. The monoisotopic (exact) mass is 524 g/mol. The molecule has 0 aliphatic carbocycles. The van der Waals surface area contributed by atoms with Gasteiger partial charge in [0, 0.05) is 28.6 Å². The highest BCUT2D eigenvalue weighted by molar-refractivity contribution is 9.11. The number of halogens is 2. The topological polar surface area (TPSA) is 51.1 Å². The van der Waals surface area contributed by atoms with Crippen LogP contribution in [0.3, 0.4) is 0 Å². The van der Waals surface area contributed by atoms with Crippen molar-refractivity contribution in [1.82, 2.24) is 4.90 Å². The summed E-state index contributed by atoms with van der Waals surface area (Å²) in [6.07, 6.45) is 1.83. The molecule has 0 radical (unpaired) electrons. The van der Waals surface area contributed by atoms with Crippen LogP contribution in [0, 0.1) is 0 Å². The number of ether oxygens (including phenoxy) is 2. The number of thioether (sulfide) groups is 1. The molecule has 146 valence electrons. The summed E-state index contributed by atoms with van der Waals surface area (Å²) >= 11 is 8.34. The summed E-state index contributed by atoms with van der Waals surface area (Å²) in [6, 6.07) is 11.5. The molecule has 1 saturated heterocycles. The minimum atomic E-state index is -0.0648. The highest BCUT2D eigenvalue weighted by atomic mass is 79.9. The van der Waals surface area contributed by atoms with Gasteiger partial charge < -0.3 is 9.47 Å². The largest absolute Gasteiger partial charge is 0.493 e. The van der Waals surface area contributed by atoms with E-state index in [4.69, 9.17) is 9.47 Å². The van der Waals surface area contributed by atoms with Crippen LogP contribution in [-0.4, -0.2) is 37.2 Å². The van der Waals surface area contributed by atoms with Crippen molar-refractivity contribution in [1.29, 1.82) is 0 Å². The molecule has 0 spiro atoms. The highest BCUT2D eigenvalue weighted by Gasteiger charge is 2.29. The van der Waals surface area contributed by atoms with Crippen LogP contribution in [0.4, 0.5) is 0 Å². The molecule has 0 saturated carbocycles. The smallest absolute Gasteiger partial charge is 0.266 e. The number of hydrogen-bond donors (Lipinski definition) is 0. The first-order valence-electron chi connectivity index (χ1n) is 8.32. The van der Waals surface area contributed by atoms with Crippen molar-refractivity contribution in [2.45, 2.75) is 6.61 Å². The molecule has 0 bridgehead atoms. The second-order valence-corrected chi connectivity index (χ2v) is 8.69. The fraction of sp³-hybridized carbons (Fsp3) is 0.200. The SMILES string of the molecule is CN=C1S/C(=C\c2ccc(OCc3ccc(Br)cc3Br)c(OC)c2)C(=O)N1C. The Labute approximate surface area is 185 Å². The van der Waals surface area contributed by atoms with E-state index >= 15 is 0 Å². The van der Waals surface area contributed by atoms with Gasteiger partial charge in [0.05, 0.1) is 12.0 Å². The number of hydrogen-bond acceptors (Lipinski definition) is 5. The van der Waals surface area contributed by atoms with E-state index in [1.807, 2.05) is 42.5 Å². The van der Waals surface area contributed by atoms with Crippen LogP contribution < -0.4 is 9.47 Å². The number of nitrogens with zero attached hydrogens (tertiary/aromatic N) is 2. The summed E-state index contributed by atoms with van der Waals surface area (Å²) in [7, 11) is 4.99. The predicted octanol–water partition coefficient (Wildman–Crippen LogP) is 5.33. The third-order valence-corrected chi connectivity index (χ3v) is 6.46. The Kier molecular flexibility index (Phi) is 6.85. The zero-order valence-electron chi connectivity index (χ0n) is 15.5. The molecular weight excluding hydrogens is 508 g/mol. The number of benzene rings is 2. The maximum Gasteiger partial charge on any atom is 0.266 e. The van der Waals surface area contributed by atoms with Gasteiger partial charge in [0.1, 0.15) is 6.61 Å². The predicted molar refractivity (Wildman–Crippen MR) is 121 cm³/mol. The zero-order chi connectivity index (χ0) is 20.3. The number of aliphatic imine (C=N–C) groups is 1. The van der Waals surface area contributed by atoms with Crippen LogP contribution in [0.1, 0.15) is 11.1 Å². The average molecular weight is 526 g/mol. The number of amides is 1. The Bertz CT molecular complexity index is 976. The van der Waals surface area contributed by atoms with E-state index in [-0.39, 0.29) is 5.91 Å². The van der Waals surface area contributed by atoms with Crippen molar-refractivity contribution < 1.29 is 14.3 Å². The molecule has 8 heteroatoms. The number of likely N-dealkylation sites (N-methyl/N-ethyl adjacent to an activating group) is 1. The number of methoxy groups -OCH3 is 1. The molecule has 0 aromatic heterocycles. The maximum absolute atomic E-state index is 12.3. The first kappa shape index (κ1) is 21.0. The van der Waals surface area contributed by atoms with E-state index in [9.17, 15) is 4.79 Å². The van der Waals surface area contributed by atoms with Gasteiger partial charge in [-0.15, -0.1) is 0 Å². The molecule has 3 rings (SSSR count). The van der Waals surface area contributed by atoms with Crippen molar-refractivity contribution >= 4 is 60.8 Å². The van der Waals surface area contributed by atoms with E-state index in [1.165, 1.54) is 11.8 Å². The van der Waals surface area contributed by atoms with Crippen molar-refractivity contribution in [3.8, 4) is 11.5 Å². The first-order valence-corrected chi connectivity index (χ1v) is 10.7. The van der Waals surface area contributed by atoms with Crippen molar-refractivity contribution in [3.05, 3.63) is 61.4 Å². The first-order chi connectivity index (χ1) is 13.4. The number of carbonyl (C=O) groups is 1. The molecule has 0 unspecified atom stereocenters. The maximum atomic E-state index is 12.3. The molecule has 2 aromatic carbocycles. The third-order valence-electron chi connectivity index (χ3n) is 4.08. The van der Waals surface area contributed by atoms with Gasteiger partial charge in [0.25, 0.3) is 5.91 Å². The summed E-state index contributed by atoms with van der Waals surface area (Å²) in [4.78, 5) is 18.6. The van der Waals surface area contributed by atoms with Gasteiger partial charge in [0.15, 0.2) is 16.7 Å². The van der Waals surface area contributed by atoms with Crippen LogP contribution in [0.2, 0.25) is 0 Å². The van der Waals surface area contributed by atoms with Gasteiger partial charge in [0.2, 0.25) is 0 Å². The Balaban J connectivity index is 1.79. The van der Waals surface area contributed by atoms with E-state index in [1.54, 1.807) is 26.1 Å². The van der Waals surface area contributed by atoms with Gasteiger partial charge in [-0.2, -0.15) is 0 Å². The van der Waals surface area contributed by atoms with Gasteiger partial charge in [-0.05, 0) is 47.7 Å². The molecular formula is C20H18Br2N2O3S. The van der Waals surface area contributed by atoms with Gasteiger partial charge in [-0.1, -0.05) is 44.0 Å². The van der Waals surface area contributed by atoms with E-state index in [0.29, 0.717) is 28.2 Å². The van der Waals surface area contributed by atoms with Crippen LogP contribution in [0.15, 0.2) is 55.2 Å². The second kappa shape index (κ2) is 9.15. The summed E-state index contributed by atoms with van der Waals surface area (Å²) in [5.41, 5.74) is 1.88. The van der Waals surface area contributed by atoms with E-state index < -0.39 is 0 Å². The molecule has 1 aliphatic rings. The molecule has 28 heavy (non-hydrogen) atoms. The summed E-state index contributed by atoms with van der Waals surface area (Å²) < 4.78 is 13.4. The van der Waals surface area contributed by atoms with Crippen LogP contribution in [-0.2, 0) is 11.4 Å². The molecule has 0 N–H and O–H groups in total. The second-order valence-electron chi connectivity index (χ2n) is 5.92. The van der Waals surface area contributed by atoms with Gasteiger partial charge in [-0.25, -0.2) is 0 Å². The normalized spacial score (nSPS) is 16.9. The third kappa shape index (κ3) is 4.61. The summed E-state index contributed by atoms with van der Waals surface area (Å²) in [5.74, 6) is 1.18. The summed E-state index contributed by atoms with van der Waals surface area (Å²) in [6.45, 7) is 0.403. The van der Waals surface area contributed by atoms with Gasteiger partial charge >= 0.3 is 0 Å². The minimum Gasteiger partial charge on any atom is -0.493 e. The summed E-state index contributed by atoms with van der Waals surface area (Å²) in [5, 5.41) is 0.684. The average Bonchev–Trinajstić information content (AvgIpc) is 2.95. The Morgan fingerprint density at radius 3 is 2.61 bits per heavy atom. The molecule has 2 aromatic rings. The van der Waals surface area contributed by atoms with E-state index in [0.717, 1.165) is 20.1 Å². The fourth-order valence-corrected chi connectivity index (χ4v) is 4.68. The number of carbonyl (C=O) groups excluding carboxylic acids is 1. The lowest BCUT2D eigenvalue weighted by Gasteiger charge is -2.12. The number of amidine groups is 1. The molecule has 1 fully saturated rings. The molecule has 1 heterocycles. The van der Waals surface area contributed by atoms with Gasteiger partial charge in [-0.3, -0.25) is 14.7 Å². The lowest BCUT2D eigenvalue weighted by atomic mass is 10.2. The van der Waals surface area contributed by atoms with Crippen LogP contribution in [0.5, 0.6) is 11.5 Å². The number of rotatable bonds is 5. The Morgan fingerprint density at radius 2 is 1.96 bits per heavy atom. The van der Waals surface area contributed by atoms with E-state index in [2.05, 4.69) is 36.9 Å². The molecule has 5 nitrogen and oxygen atoms in total. The Hall–Kier alpha value is -1.77. The standard InChI is InChI=1S/C20H18Br2N2O3S/c1-23-20-24(2)19(25)18(28-20)9-12-4-7-16(17(8-12)26-3)27-11-13-5-6-14(21)10-15(13)22/h4-10H,11H2,1-3H3/b18-9-,23-20?. The molecule has 0 atom stereocenters. The van der Waals surface area contributed by atoms with Crippen molar-refractivity contribution in [2.75, 3.05) is 21.2 Å². The van der Waals surface area contributed by atoms with Crippen LogP contribution in [0.25, 0.3) is 6.08 Å². The quantitative estimate of drug-likeness (QED) is 0.495. The minimum absolute atomic E-state index is 0.0648. The lowest BCUT2D eigenvalue weighted by molar-refractivity contribution is -0.121. The lowest BCUT2D eigenvalue weighted by Crippen LogP contribution is -2.23. The van der Waals surface area contributed by atoms with Crippen LogP contribution >= 0.6 is 43.6 Å². The molecule has 1 aliphatic heterocycles. The van der Waals surface area contributed by atoms with Crippen molar-refractivity contribution in [2.24, 2.45) is 4.99 Å². The highest BCUT2D eigenvalue weighted by Crippen LogP contribution is 2.34. The molecule has 1 amide bonds. The van der Waals surface area contributed by atoms with Crippen molar-refractivity contribution in [3.63, 3.8) is 0 Å².